The molecule has 0 aliphatic rings. The number of hydrogen-bond donors (Lipinski definition) is 0. The first-order valence-corrected chi connectivity index (χ1v) is 7.08. The molecule has 2 aromatic rings. The molecule has 5 heteroatoms. The van der Waals surface area contributed by atoms with Crippen molar-refractivity contribution in [2.75, 3.05) is 7.11 Å². The molecule has 21 heavy (non-hydrogen) atoms. The lowest BCUT2D eigenvalue weighted by Crippen LogP contribution is -2.08. The van der Waals surface area contributed by atoms with Crippen LogP contribution in [0.5, 0.6) is 5.75 Å². The molecule has 0 saturated carbocycles. The molecule has 0 heterocycles. The molecule has 0 spiro atoms. The smallest absolute Gasteiger partial charge is 0.153 e. The number of carbonyl (C=O) groups excluding carboxylic acids is 1. The highest BCUT2D eigenvalue weighted by atomic mass is 79.9. The second-order valence-corrected chi connectivity index (χ2v) is 5.30. The third kappa shape index (κ3) is 4.12. The van der Waals surface area contributed by atoms with Crippen molar-refractivity contribution in [3.05, 3.63) is 63.9 Å². The van der Waals surface area contributed by atoms with Crippen molar-refractivity contribution in [1.29, 1.82) is 0 Å². The van der Waals surface area contributed by atoms with Gasteiger partial charge in [0.05, 0.1) is 13.7 Å². The van der Waals surface area contributed by atoms with E-state index < -0.39 is 11.9 Å². The van der Waals surface area contributed by atoms with E-state index in [9.17, 15) is 9.18 Å². The molecule has 2 aromatic carbocycles. The zero-order valence-corrected chi connectivity index (χ0v) is 13.0. The van der Waals surface area contributed by atoms with Gasteiger partial charge in [-0.05, 0) is 35.9 Å². The van der Waals surface area contributed by atoms with Crippen LogP contribution in [0.2, 0.25) is 0 Å². The van der Waals surface area contributed by atoms with Gasteiger partial charge in [0.25, 0.3) is 0 Å². The molecule has 0 aromatic heterocycles. The maximum absolute atomic E-state index is 13.8. The van der Waals surface area contributed by atoms with E-state index in [0.717, 1.165) is 11.3 Å². The molecule has 0 N–H and O–H groups in total. The number of aldehydes is 1. The first-order chi connectivity index (χ1) is 10.1. The quantitative estimate of drug-likeness (QED) is 0.735. The van der Waals surface area contributed by atoms with Crippen molar-refractivity contribution in [2.24, 2.45) is 0 Å². The Kier molecular flexibility index (Phi) is 5.47. The fraction of sp³-hybridized carbons (Fsp3) is 0.188. The van der Waals surface area contributed by atoms with Crippen LogP contribution in [-0.2, 0) is 16.1 Å². The molecule has 2 rings (SSSR count). The van der Waals surface area contributed by atoms with E-state index in [1.54, 1.807) is 31.4 Å². The van der Waals surface area contributed by atoms with Gasteiger partial charge < -0.3 is 14.3 Å². The third-order valence-corrected chi connectivity index (χ3v) is 3.47. The second-order valence-electron chi connectivity index (χ2n) is 4.38. The highest BCUT2D eigenvalue weighted by Gasteiger charge is 2.16. The van der Waals surface area contributed by atoms with Crippen LogP contribution in [0.4, 0.5) is 4.39 Å². The van der Waals surface area contributed by atoms with E-state index in [2.05, 4.69) is 15.9 Å². The van der Waals surface area contributed by atoms with Crippen molar-refractivity contribution in [1.82, 2.24) is 0 Å². The topological polar surface area (TPSA) is 35.5 Å². The Bertz CT molecular complexity index is 613. The number of rotatable bonds is 6. The lowest BCUT2D eigenvalue weighted by molar-refractivity contribution is -0.119. The Morgan fingerprint density at radius 1 is 1.24 bits per heavy atom. The zero-order chi connectivity index (χ0) is 15.2. The molecule has 0 aliphatic carbocycles. The maximum atomic E-state index is 13.8. The van der Waals surface area contributed by atoms with Crippen molar-refractivity contribution < 1.29 is 18.7 Å². The Morgan fingerprint density at radius 2 is 1.95 bits per heavy atom. The number of halogens is 2. The van der Waals surface area contributed by atoms with Crippen molar-refractivity contribution in [2.45, 2.75) is 12.7 Å². The van der Waals surface area contributed by atoms with Gasteiger partial charge in [-0.3, -0.25) is 0 Å². The summed E-state index contributed by atoms with van der Waals surface area (Å²) in [4.78, 5) is 11.2. The summed E-state index contributed by atoms with van der Waals surface area (Å²) in [5.74, 6) is 0.272. The summed E-state index contributed by atoms with van der Waals surface area (Å²) in [6.45, 7) is 0.208. The highest BCUT2D eigenvalue weighted by Crippen LogP contribution is 2.24. The van der Waals surface area contributed by atoms with Gasteiger partial charge >= 0.3 is 0 Å². The standard InChI is InChI=1S/C16H14BrFO3/c1-20-13-5-2-11(3-6-13)10-21-16(9-19)14-8-12(17)4-7-15(14)18/h2-9,16H,10H2,1H3. The van der Waals surface area contributed by atoms with Crippen LogP contribution in [0.3, 0.4) is 0 Å². The van der Waals surface area contributed by atoms with Gasteiger partial charge in [-0.25, -0.2) is 4.39 Å². The van der Waals surface area contributed by atoms with Gasteiger partial charge in [0.15, 0.2) is 6.29 Å². The number of methoxy groups -OCH3 is 1. The molecule has 1 atom stereocenters. The van der Waals surface area contributed by atoms with Gasteiger partial charge in [0.2, 0.25) is 0 Å². The van der Waals surface area contributed by atoms with Gasteiger partial charge in [0, 0.05) is 10.0 Å². The van der Waals surface area contributed by atoms with Gasteiger partial charge in [-0.2, -0.15) is 0 Å². The highest BCUT2D eigenvalue weighted by molar-refractivity contribution is 9.10. The van der Waals surface area contributed by atoms with E-state index in [-0.39, 0.29) is 12.2 Å². The summed E-state index contributed by atoms with van der Waals surface area (Å²) in [6, 6.07) is 11.7. The molecule has 0 radical (unpaired) electrons. The number of hydrogen-bond acceptors (Lipinski definition) is 3. The average molecular weight is 353 g/mol. The molecule has 0 aliphatic heterocycles. The Hall–Kier alpha value is -1.72. The summed E-state index contributed by atoms with van der Waals surface area (Å²) >= 11 is 3.25. The molecule has 3 nitrogen and oxygen atoms in total. The number of benzene rings is 2. The summed E-state index contributed by atoms with van der Waals surface area (Å²) in [5, 5.41) is 0. The fourth-order valence-electron chi connectivity index (χ4n) is 1.84. The normalized spacial score (nSPS) is 12.0. The van der Waals surface area contributed by atoms with Crippen LogP contribution in [-0.4, -0.2) is 13.4 Å². The summed E-state index contributed by atoms with van der Waals surface area (Å²) < 4.78 is 25.0. The molecule has 0 saturated heterocycles. The Balaban J connectivity index is 2.08. The second kappa shape index (κ2) is 7.33. The van der Waals surface area contributed by atoms with Crippen LogP contribution in [0.25, 0.3) is 0 Å². The minimum absolute atomic E-state index is 0.208. The van der Waals surface area contributed by atoms with Gasteiger partial charge in [0.1, 0.15) is 17.7 Å². The largest absolute Gasteiger partial charge is 0.497 e. The SMILES string of the molecule is COc1ccc(COC(C=O)c2cc(Br)ccc2F)cc1. The molecule has 0 fully saturated rings. The van der Waals surface area contributed by atoms with E-state index in [1.165, 1.54) is 6.07 Å². The first-order valence-electron chi connectivity index (χ1n) is 6.29. The van der Waals surface area contributed by atoms with Gasteiger partial charge in [-0.1, -0.05) is 28.1 Å². The first kappa shape index (κ1) is 15.7. The predicted octanol–water partition coefficient (Wildman–Crippen LogP) is 4.05. The van der Waals surface area contributed by atoms with Crippen LogP contribution in [0.1, 0.15) is 17.2 Å². The molecule has 0 amide bonds. The zero-order valence-electron chi connectivity index (χ0n) is 11.4. The van der Waals surface area contributed by atoms with Crippen LogP contribution < -0.4 is 4.74 Å². The predicted molar refractivity (Wildman–Crippen MR) is 80.7 cm³/mol. The molecular weight excluding hydrogens is 339 g/mol. The third-order valence-electron chi connectivity index (χ3n) is 2.98. The minimum atomic E-state index is -0.940. The van der Waals surface area contributed by atoms with Crippen LogP contribution >= 0.6 is 15.9 Å². The summed E-state index contributed by atoms with van der Waals surface area (Å²) in [5.41, 5.74) is 1.09. The van der Waals surface area contributed by atoms with E-state index in [0.29, 0.717) is 10.8 Å². The Morgan fingerprint density at radius 3 is 2.57 bits per heavy atom. The van der Waals surface area contributed by atoms with E-state index in [1.807, 2.05) is 12.1 Å². The molecule has 1 unspecified atom stereocenters. The monoisotopic (exact) mass is 352 g/mol. The molecular formula is C16H14BrFO3. The molecule has 110 valence electrons. The fourth-order valence-corrected chi connectivity index (χ4v) is 2.22. The lowest BCUT2D eigenvalue weighted by Gasteiger charge is -2.14. The van der Waals surface area contributed by atoms with E-state index in [4.69, 9.17) is 9.47 Å². The lowest BCUT2D eigenvalue weighted by atomic mass is 10.1. The van der Waals surface area contributed by atoms with Crippen molar-refractivity contribution in [3.8, 4) is 5.75 Å². The minimum Gasteiger partial charge on any atom is -0.497 e. The van der Waals surface area contributed by atoms with E-state index >= 15 is 0 Å². The van der Waals surface area contributed by atoms with Crippen LogP contribution in [0, 0.1) is 5.82 Å². The molecule has 0 bridgehead atoms. The van der Waals surface area contributed by atoms with Crippen LogP contribution in [0.15, 0.2) is 46.9 Å². The maximum Gasteiger partial charge on any atom is 0.153 e. The number of carbonyl (C=O) groups is 1. The summed E-state index contributed by atoms with van der Waals surface area (Å²) in [7, 11) is 1.59. The Labute approximate surface area is 130 Å². The van der Waals surface area contributed by atoms with Gasteiger partial charge in [-0.15, -0.1) is 0 Å². The number of ether oxygens (including phenoxy) is 2. The van der Waals surface area contributed by atoms with Crippen molar-refractivity contribution >= 4 is 22.2 Å². The summed E-state index contributed by atoms with van der Waals surface area (Å²) in [6.07, 6.45) is -0.349. The van der Waals surface area contributed by atoms with Crippen molar-refractivity contribution in [3.63, 3.8) is 0 Å². The average Bonchev–Trinajstić information content (AvgIpc) is 2.51.